The summed E-state index contributed by atoms with van der Waals surface area (Å²) in [6, 6.07) is 9.72. The molecule has 0 spiro atoms. The second-order valence-electron chi connectivity index (χ2n) is 10.1. The van der Waals surface area contributed by atoms with Gasteiger partial charge in [-0.1, -0.05) is 23.7 Å². The Hall–Kier alpha value is -2.88. The van der Waals surface area contributed by atoms with Gasteiger partial charge in [-0.25, -0.2) is 0 Å². The van der Waals surface area contributed by atoms with Crippen molar-refractivity contribution in [1.29, 1.82) is 0 Å². The zero-order chi connectivity index (χ0) is 29.9. The summed E-state index contributed by atoms with van der Waals surface area (Å²) in [6.07, 6.45) is 1.31. The maximum atomic E-state index is 14.9. The summed E-state index contributed by atoms with van der Waals surface area (Å²) < 4.78 is 58.3. The van der Waals surface area contributed by atoms with E-state index in [2.05, 4.69) is 4.98 Å². The van der Waals surface area contributed by atoms with E-state index >= 15 is 0 Å². The molecule has 3 atom stereocenters. The Bertz CT molecular complexity index is 1750. The van der Waals surface area contributed by atoms with Gasteiger partial charge in [0.2, 0.25) is 5.91 Å². The van der Waals surface area contributed by atoms with Crippen LogP contribution in [0.2, 0.25) is 5.02 Å². The number of sulfonamides is 1. The van der Waals surface area contributed by atoms with Crippen LogP contribution in [0, 0.1) is 6.92 Å². The molecule has 41 heavy (non-hydrogen) atoms. The lowest BCUT2D eigenvalue weighted by Gasteiger charge is -2.41. The Kier molecular flexibility index (Phi) is 7.54. The molecule has 2 aliphatic heterocycles. The van der Waals surface area contributed by atoms with E-state index in [0.29, 0.717) is 5.56 Å². The van der Waals surface area contributed by atoms with Crippen LogP contribution < -0.4 is 4.31 Å². The van der Waals surface area contributed by atoms with Crippen molar-refractivity contribution in [3.8, 4) is 0 Å². The largest absolute Gasteiger partial charge is 0.347 e. The molecule has 11 nitrogen and oxygen atoms in total. The van der Waals surface area contributed by atoms with Crippen molar-refractivity contribution in [2.24, 2.45) is 0 Å². The third-order valence-corrected chi connectivity index (χ3v) is 11.1. The lowest BCUT2D eigenvalue weighted by Crippen LogP contribution is -2.59. The van der Waals surface area contributed by atoms with Gasteiger partial charge < -0.3 is 4.90 Å². The first-order valence-electron chi connectivity index (χ1n) is 12.4. The van der Waals surface area contributed by atoms with E-state index in [9.17, 15) is 26.4 Å². The predicted molar refractivity (Wildman–Crippen MR) is 154 cm³/mol. The van der Waals surface area contributed by atoms with Gasteiger partial charge in [0.05, 0.1) is 29.8 Å². The number of anilines is 1. The van der Waals surface area contributed by atoms with Crippen molar-refractivity contribution in [2.75, 3.05) is 31.2 Å². The second kappa shape index (κ2) is 10.4. The van der Waals surface area contributed by atoms with Crippen LogP contribution in [0.3, 0.4) is 0 Å². The molecule has 1 saturated heterocycles. The summed E-state index contributed by atoms with van der Waals surface area (Å²) in [4.78, 5) is 36.0. The maximum absolute atomic E-state index is 14.9. The van der Waals surface area contributed by atoms with Crippen molar-refractivity contribution in [3.05, 3.63) is 75.9 Å². The summed E-state index contributed by atoms with van der Waals surface area (Å²) in [6.45, 7) is 1.53. The Morgan fingerprint density at radius 2 is 1.90 bits per heavy atom. The van der Waals surface area contributed by atoms with Gasteiger partial charge in [-0.2, -0.15) is 21.1 Å². The Morgan fingerprint density at radius 3 is 2.51 bits per heavy atom. The SMILES string of the molecule is Cc1cccnc1C1(N2C[C@H](OS(C)(=O)=O)C[C@H]2C(=O)N(C)C)C(=O)N(S(=O)(=O)c2cccs2)c2ccc(Cl)cc21. The van der Waals surface area contributed by atoms with Crippen LogP contribution in [0.15, 0.2) is 58.3 Å². The highest BCUT2D eigenvalue weighted by atomic mass is 35.5. The van der Waals surface area contributed by atoms with E-state index in [4.69, 9.17) is 15.8 Å². The van der Waals surface area contributed by atoms with Crippen LogP contribution >= 0.6 is 22.9 Å². The molecule has 2 aliphatic rings. The fourth-order valence-corrected chi connectivity index (χ4v) is 8.94. The molecule has 0 aliphatic carbocycles. The minimum atomic E-state index is -4.41. The van der Waals surface area contributed by atoms with E-state index in [1.807, 2.05) is 0 Å². The first kappa shape index (κ1) is 29.6. The minimum Gasteiger partial charge on any atom is -0.347 e. The molecule has 2 amide bonds. The summed E-state index contributed by atoms with van der Waals surface area (Å²) in [5, 5.41) is 1.81. The van der Waals surface area contributed by atoms with Crippen LogP contribution in [0.5, 0.6) is 0 Å². The summed E-state index contributed by atoms with van der Waals surface area (Å²) in [5.74, 6) is -1.31. The van der Waals surface area contributed by atoms with E-state index in [-0.39, 0.29) is 39.1 Å². The topological polar surface area (TPSA) is 134 Å². The number of rotatable bonds is 7. The number of aromatic nitrogens is 1. The smallest absolute Gasteiger partial charge is 0.280 e. The van der Waals surface area contributed by atoms with E-state index < -0.39 is 49.6 Å². The third-order valence-electron chi connectivity index (χ3n) is 7.13. The normalized spacial score (nSPS) is 23.1. The van der Waals surface area contributed by atoms with E-state index in [1.54, 1.807) is 44.6 Å². The number of likely N-dealkylation sites (tertiary alicyclic amines) is 1. The Labute approximate surface area is 247 Å². The number of pyridine rings is 1. The average molecular weight is 639 g/mol. The second-order valence-corrected chi connectivity index (χ2v) is 15.1. The number of fused-ring (bicyclic) bond motifs is 1. The number of aryl methyl sites for hydroxylation is 1. The molecule has 4 heterocycles. The third kappa shape index (κ3) is 4.85. The molecule has 1 fully saturated rings. The monoisotopic (exact) mass is 638 g/mol. The number of likely N-dealkylation sites (N-methyl/N-ethyl adjacent to an activating group) is 1. The van der Waals surface area contributed by atoms with Gasteiger partial charge in [0.15, 0.2) is 5.54 Å². The molecule has 0 bridgehead atoms. The zero-order valence-electron chi connectivity index (χ0n) is 22.5. The highest BCUT2D eigenvalue weighted by Crippen LogP contribution is 2.53. The number of nitrogens with zero attached hydrogens (tertiary/aromatic N) is 4. The molecular weight excluding hydrogens is 612 g/mol. The average Bonchev–Trinajstić information content (AvgIpc) is 3.61. The van der Waals surface area contributed by atoms with Crippen molar-refractivity contribution in [3.63, 3.8) is 0 Å². The Balaban J connectivity index is 1.85. The number of hydrogen-bond acceptors (Lipinski definition) is 10. The molecule has 218 valence electrons. The van der Waals surface area contributed by atoms with Gasteiger partial charge in [0.1, 0.15) is 4.21 Å². The quantitative estimate of drug-likeness (QED) is 0.358. The number of benzene rings is 1. The van der Waals surface area contributed by atoms with Gasteiger partial charge in [-0.3, -0.25) is 23.7 Å². The van der Waals surface area contributed by atoms with Gasteiger partial charge in [-0.05, 0) is 48.2 Å². The van der Waals surface area contributed by atoms with Crippen LogP contribution in [0.1, 0.15) is 23.2 Å². The van der Waals surface area contributed by atoms with Crippen LogP contribution in [0.4, 0.5) is 5.69 Å². The molecule has 3 aromatic rings. The number of carbonyl (C=O) groups is 2. The van der Waals surface area contributed by atoms with Gasteiger partial charge in [0, 0.05) is 43.8 Å². The number of halogens is 1. The first-order chi connectivity index (χ1) is 19.2. The summed E-state index contributed by atoms with van der Waals surface area (Å²) >= 11 is 7.42. The highest BCUT2D eigenvalue weighted by molar-refractivity contribution is 7.95. The van der Waals surface area contributed by atoms with Crippen molar-refractivity contribution >= 4 is 60.6 Å². The molecule has 0 N–H and O–H groups in total. The predicted octanol–water partition coefficient (Wildman–Crippen LogP) is 2.59. The number of carbonyl (C=O) groups excluding carboxylic acids is 2. The van der Waals surface area contributed by atoms with Crippen LogP contribution in [-0.4, -0.2) is 82.5 Å². The molecule has 0 radical (unpaired) electrons. The molecular formula is C26H27ClN4O7S3. The van der Waals surface area contributed by atoms with Crippen molar-refractivity contribution < 1.29 is 30.6 Å². The lowest BCUT2D eigenvalue weighted by molar-refractivity contribution is -0.138. The highest BCUT2D eigenvalue weighted by Gasteiger charge is 2.64. The standard InChI is InChI=1S/C26H27ClN4O7S3/c1-16-7-5-11-28-23(16)26(30-15-18(38-40(4,34)35)14-21(30)24(32)29(2)3)19-13-17(27)9-10-20(19)31(25(26)33)41(36,37)22-8-6-12-39-22/h5-13,18,21H,14-15H2,1-4H3/t18-,21+,26?/m1/s1. The van der Waals surface area contributed by atoms with Gasteiger partial charge in [0.25, 0.3) is 26.0 Å². The van der Waals surface area contributed by atoms with Crippen molar-refractivity contribution in [2.45, 2.75) is 35.2 Å². The fourth-order valence-electron chi connectivity index (χ4n) is 5.61. The number of hydrogen-bond donors (Lipinski definition) is 0. The van der Waals surface area contributed by atoms with Gasteiger partial charge in [-0.15, -0.1) is 11.3 Å². The fraction of sp³-hybridized carbons (Fsp3) is 0.346. The molecule has 15 heteroatoms. The summed E-state index contributed by atoms with van der Waals surface area (Å²) in [7, 11) is -5.26. The maximum Gasteiger partial charge on any atom is 0.280 e. The van der Waals surface area contributed by atoms with E-state index in [1.165, 1.54) is 40.3 Å². The minimum absolute atomic E-state index is 0.0547. The van der Waals surface area contributed by atoms with Gasteiger partial charge >= 0.3 is 0 Å². The first-order valence-corrected chi connectivity index (χ1v) is 16.9. The molecule has 5 rings (SSSR count). The van der Waals surface area contributed by atoms with Crippen molar-refractivity contribution in [1.82, 2.24) is 14.8 Å². The molecule has 1 aromatic carbocycles. The molecule has 1 unspecified atom stereocenters. The molecule has 0 saturated carbocycles. The van der Waals surface area contributed by atoms with Crippen LogP contribution in [-0.2, 0) is 39.5 Å². The van der Waals surface area contributed by atoms with E-state index in [0.717, 1.165) is 21.9 Å². The van der Waals surface area contributed by atoms with Crippen LogP contribution in [0.25, 0.3) is 0 Å². The lowest BCUT2D eigenvalue weighted by atomic mass is 9.82. The summed E-state index contributed by atoms with van der Waals surface area (Å²) in [5.41, 5.74) is -0.975. The zero-order valence-corrected chi connectivity index (χ0v) is 25.7. The Morgan fingerprint density at radius 1 is 1.17 bits per heavy atom. The molecule has 2 aromatic heterocycles. The number of thiophene rings is 1. The number of amides is 2.